The molecule has 0 spiro atoms. The number of hydrogen-bond acceptors (Lipinski definition) is 8. The first kappa shape index (κ1) is 10.3. The minimum absolute atomic E-state index is 0.266. The zero-order valence-electron chi connectivity index (χ0n) is 8.96. The number of rotatable bonds is 2. The van der Waals surface area contributed by atoms with Crippen molar-refractivity contribution in [1.29, 1.82) is 0 Å². The van der Waals surface area contributed by atoms with E-state index >= 15 is 0 Å². The highest BCUT2D eigenvalue weighted by molar-refractivity contribution is 5.54. The molecule has 0 bridgehead atoms. The lowest BCUT2D eigenvalue weighted by Gasteiger charge is -1.99. The Hall–Kier alpha value is -2.90. The summed E-state index contributed by atoms with van der Waals surface area (Å²) in [5, 5.41) is 22.7. The Morgan fingerprint density at radius 1 is 0.889 bits per heavy atom. The Morgan fingerprint density at radius 2 is 1.83 bits per heavy atom. The van der Waals surface area contributed by atoms with Crippen molar-refractivity contribution in [2.45, 2.75) is 0 Å². The van der Waals surface area contributed by atoms with Crippen LogP contribution in [0, 0.1) is 6.20 Å². The van der Waals surface area contributed by atoms with E-state index in [0.29, 0.717) is 17.2 Å². The maximum Gasteiger partial charge on any atom is 0.222 e. The van der Waals surface area contributed by atoms with E-state index in [1.807, 2.05) is 0 Å². The molecule has 0 N–H and O–H groups in total. The lowest BCUT2D eigenvalue weighted by atomic mass is 10.3. The Kier molecular flexibility index (Phi) is 2.59. The van der Waals surface area contributed by atoms with Crippen molar-refractivity contribution in [1.82, 2.24) is 40.6 Å². The zero-order chi connectivity index (χ0) is 12.2. The molecule has 3 aromatic rings. The van der Waals surface area contributed by atoms with Gasteiger partial charge in [-0.2, -0.15) is 10.2 Å². The molecule has 3 heterocycles. The standard InChI is InChI=1S/C10H5N8/c1-2-7(16-12-3-1)8-6-14-18-10(15-8)9-11-4-5-13-17-9/h1-5H. The predicted molar refractivity (Wildman–Crippen MR) is 58.5 cm³/mol. The van der Waals surface area contributed by atoms with Gasteiger partial charge in [-0.25, -0.2) is 9.97 Å². The van der Waals surface area contributed by atoms with E-state index in [-0.39, 0.29) is 5.82 Å². The van der Waals surface area contributed by atoms with Crippen LogP contribution in [0.1, 0.15) is 0 Å². The fourth-order valence-electron chi connectivity index (χ4n) is 1.26. The summed E-state index contributed by atoms with van der Waals surface area (Å²) in [5.41, 5.74) is 0.984. The minimum Gasteiger partial charge on any atom is -0.231 e. The topological polar surface area (TPSA) is 103 Å². The summed E-state index contributed by atoms with van der Waals surface area (Å²) in [6.45, 7) is 0. The predicted octanol–water partition coefficient (Wildman–Crippen LogP) is -0.0192. The first-order valence-corrected chi connectivity index (χ1v) is 4.98. The van der Waals surface area contributed by atoms with Gasteiger partial charge in [0, 0.05) is 12.4 Å². The van der Waals surface area contributed by atoms with Crippen molar-refractivity contribution < 1.29 is 0 Å². The molecule has 85 valence electrons. The second-order valence-corrected chi connectivity index (χ2v) is 3.17. The summed E-state index contributed by atoms with van der Waals surface area (Å²) >= 11 is 0. The van der Waals surface area contributed by atoms with Gasteiger partial charge >= 0.3 is 0 Å². The first-order valence-electron chi connectivity index (χ1n) is 4.98. The van der Waals surface area contributed by atoms with Crippen LogP contribution in [0.25, 0.3) is 23.0 Å². The summed E-state index contributed by atoms with van der Waals surface area (Å²) < 4.78 is 0. The normalized spacial score (nSPS) is 10.2. The SMILES string of the molecule is [c]1nnc(-c2nccnn2)nc1-c1cccnn1. The van der Waals surface area contributed by atoms with E-state index < -0.39 is 0 Å². The van der Waals surface area contributed by atoms with Crippen LogP contribution in [-0.2, 0) is 0 Å². The van der Waals surface area contributed by atoms with E-state index in [9.17, 15) is 0 Å². The molecular weight excluding hydrogens is 232 g/mol. The molecule has 3 aromatic heterocycles. The molecule has 0 saturated carbocycles. The average Bonchev–Trinajstić information content (AvgIpc) is 2.49. The van der Waals surface area contributed by atoms with Crippen LogP contribution in [0.2, 0.25) is 0 Å². The van der Waals surface area contributed by atoms with Gasteiger partial charge in [-0.05, 0) is 12.1 Å². The molecule has 0 unspecified atom stereocenters. The largest absolute Gasteiger partial charge is 0.231 e. The monoisotopic (exact) mass is 237 g/mol. The molecule has 1 radical (unpaired) electrons. The third kappa shape index (κ3) is 1.98. The molecule has 0 aliphatic carbocycles. The van der Waals surface area contributed by atoms with Gasteiger partial charge in [-0.1, -0.05) is 0 Å². The van der Waals surface area contributed by atoms with E-state index in [1.165, 1.54) is 12.4 Å². The fourth-order valence-corrected chi connectivity index (χ4v) is 1.26. The highest BCUT2D eigenvalue weighted by atomic mass is 15.2. The van der Waals surface area contributed by atoms with E-state index in [4.69, 9.17) is 0 Å². The van der Waals surface area contributed by atoms with Crippen molar-refractivity contribution in [3.63, 3.8) is 0 Å². The van der Waals surface area contributed by atoms with E-state index in [2.05, 4.69) is 46.8 Å². The fraction of sp³-hybridized carbons (Fsp3) is 0. The molecular formula is C10H5N8. The molecule has 0 amide bonds. The van der Waals surface area contributed by atoms with Gasteiger partial charge in [0.2, 0.25) is 11.6 Å². The highest BCUT2D eigenvalue weighted by Gasteiger charge is 2.09. The van der Waals surface area contributed by atoms with E-state index in [1.54, 1.807) is 18.3 Å². The van der Waals surface area contributed by atoms with Crippen molar-refractivity contribution in [2.24, 2.45) is 0 Å². The summed E-state index contributed by atoms with van der Waals surface area (Å²) in [6, 6.07) is 3.50. The number of aromatic nitrogens is 8. The summed E-state index contributed by atoms with van der Waals surface area (Å²) in [7, 11) is 0. The molecule has 0 saturated heterocycles. The zero-order valence-corrected chi connectivity index (χ0v) is 8.96. The molecule has 3 rings (SSSR count). The van der Waals surface area contributed by atoms with Gasteiger partial charge < -0.3 is 0 Å². The van der Waals surface area contributed by atoms with Gasteiger partial charge in [0.15, 0.2) is 0 Å². The van der Waals surface area contributed by atoms with Crippen LogP contribution in [0.15, 0.2) is 30.7 Å². The Bertz CT molecular complexity index is 588. The van der Waals surface area contributed by atoms with Crippen LogP contribution in [-0.4, -0.2) is 40.6 Å². The third-order valence-corrected chi connectivity index (χ3v) is 2.02. The van der Waals surface area contributed by atoms with Crippen LogP contribution in [0.3, 0.4) is 0 Å². The molecule has 0 aliphatic rings. The van der Waals surface area contributed by atoms with Gasteiger partial charge in [0.25, 0.3) is 0 Å². The van der Waals surface area contributed by atoms with Gasteiger partial charge in [-0.3, -0.25) is 0 Å². The summed E-state index contributed by atoms with van der Waals surface area (Å²) in [6.07, 6.45) is 7.19. The molecule has 18 heavy (non-hydrogen) atoms. The first-order chi connectivity index (χ1) is 8.93. The minimum atomic E-state index is 0.266. The van der Waals surface area contributed by atoms with E-state index in [0.717, 1.165) is 0 Å². The molecule has 8 nitrogen and oxygen atoms in total. The van der Waals surface area contributed by atoms with Crippen LogP contribution >= 0.6 is 0 Å². The number of hydrogen-bond donors (Lipinski definition) is 0. The maximum atomic E-state index is 4.22. The summed E-state index contributed by atoms with van der Waals surface area (Å²) in [4.78, 5) is 8.21. The quantitative estimate of drug-likeness (QED) is 0.612. The van der Waals surface area contributed by atoms with Gasteiger partial charge in [0.1, 0.15) is 17.6 Å². The molecule has 0 aliphatic heterocycles. The average molecular weight is 237 g/mol. The second kappa shape index (κ2) is 4.53. The lowest BCUT2D eigenvalue weighted by molar-refractivity contribution is 0.907. The lowest BCUT2D eigenvalue weighted by Crippen LogP contribution is -2.00. The van der Waals surface area contributed by atoms with Crippen molar-refractivity contribution >= 4 is 0 Å². The number of nitrogens with zero attached hydrogens (tertiary/aromatic N) is 8. The summed E-state index contributed by atoms with van der Waals surface area (Å²) in [5.74, 6) is 0.562. The molecule has 8 heteroatoms. The molecule has 0 aromatic carbocycles. The Balaban J connectivity index is 2.05. The van der Waals surface area contributed by atoms with Crippen molar-refractivity contribution in [3.8, 4) is 23.0 Å². The highest BCUT2D eigenvalue weighted by Crippen LogP contribution is 2.13. The smallest absolute Gasteiger partial charge is 0.222 e. The third-order valence-electron chi connectivity index (χ3n) is 2.02. The Morgan fingerprint density at radius 3 is 2.61 bits per heavy atom. The Labute approximate surface area is 101 Å². The van der Waals surface area contributed by atoms with Crippen molar-refractivity contribution in [3.05, 3.63) is 36.9 Å². The van der Waals surface area contributed by atoms with Crippen LogP contribution < -0.4 is 0 Å². The van der Waals surface area contributed by atoms with Gasteiger partial charge in [-0.15, -0.1) is 20.4 Å². The van der Waals surface area contributed by atoms with Crippen LogP contribution in [0.4, 0.5) is 0 Å². The molecule has 0 fully saturated rings. The molecule has 0 atom stereocenters. The van der Waals surface area contributed by atoms with Crippen molar-refractivity contribution in [2.75, 3.05) is 0 Å². The van der Waals surface area contributed by atoms with Crippen LogP contribution in [0.5, 0.6) is 0 Å². The maximum absolute atomic E-state index is 4.22. The second-order valence-electron chi connectivity index (χ2n) is 3.17. The van der Waals surface area contributed by atoms with Gasteiger partial charge in [0.05, 0.1) is 6.20 Å².